The van der Waals surface area contributed by atoms with Gasteiger partial charge in [-0.2, -0.15) is 5.26 Å². The van der Waals surface area contributed by atoms with E-state index in [1.165, 1.54) is 48.7 Å². The molecule has 9 heteroatoms. The summed E-state index contributed by atoms with van der Waals surface area (Å²) in [6, 6.07) is 15.2. The topological polar surface area (TPSA) is 99.9 Å². The van der Waals surface area contributed by atoms with Crippen molar-refractivity contribution < 1.29 is 18.3 Å². The van der Waals surface area contributed by atoms with Crippen molar-refractivity contribution in [2.45, 2.75) is 0 Å². The number of nitrogens with one attached hydrogen (secondary N) is 2. The molecule has 0 bridgehead atoms. The van der Waals surface area contributed by atoms with Gasteiger partial charge >= 0.3 is 6.03 Å². The highest BCUT2D eigenvalue weighted by Crippen LogP contribution is 2.29. The molecule has 1 heterocycles. The van der Waals surface area contributed by atoms with Crippen molar-refractivity contribution in [2.75, 3.05) is 10.6 Å². The van der Waals surface area contributed by atoms with Gasteiger partial charge in [-0.1, -0.05) is 6.07 Å². The number of ether oxygens (including phenoxy) is 1. The lowest BCUT2D eigenvalue weighted by Crippen LogP contribution is -2.19. The first-order chi connectivity index (χ1) is 15.0. The van der Waals surface area contributed by atoms with Crippen LogP contribution < -0.4 is 15.4 Å². The molecule has 4 aromatic rings. The van der Waals surface area contributed by atoms with Gasteiger partial charge < -0.3 is 15.4 Å². The standard InChI is InChI=1S/C22H13F2N5O2/c23-13-2-1-3-14(8-13)28-22(30)29-15-4-6-18(24)21(9-15)31-17-5-7-19-20(10-17)27-16(11-25)12-26-19/h1-10,12H,(H2,28,29,30). The second kappa shape index (κ2) is 8.42. The Balaban J connectivity index is 1.52. The highest BCUT2D eigenvalue weighted by atomic mass is 19.1. The molecule has 0 saturated heterocycles. The molecule has 0 fully saturated rings. The molecule has 0 radical (unpaired) electrons. The Morgan fingerprint density at radius 3 is 2.55 bits per heavy atom. The Kier molecular flexibility index (Phi) is 5.36. The van der Waals surface area contributed by atoms with Crippen molar-refractivity contribution >= 4 is 28.4 Å². The summed E-state index contributed by atoms with van der Waals surface area (Å²) in [5.74, 6) is -0.991. The Labute approximate surface area is 174 Å². The number of nitrogens with zero attached hydrogens (tertiary/aromatic N) is 3. The molecule has 31 heavy (non-hydrogen) atoms. The molecule has 0 aliphatic heterocycles. The molecule has 0 aliphatic rings. The van der Waals surface area contributed by atoms with Crippen LogP contribution in [0.4, 0.5) is 25.0 Å². The fourth-order valence-electron chi connectivity index (χ4n) is 2.75. The van der Waals surface area contributed by atoms with E-state index < -0.39 is 17.7 Å². The van der Waals surface area contributed by atoms with Crippen LogP contribution in [0.5, 0.6) is 11.5 Å². The van der Waals surface area contributed by atoms with E-state index in [2.05, 4.69) is 20.6 Å². The maximum Gasteiger partial charge on any atom is 0.323 e. The monoisotopic (exact) mass is 417 g/mol. The van der Waals surface area contributed by atoms with Crippen molar-refractivity contribution in [1.82, 2.24) is 9.97 Å². The summed E-state index contributed by atoms with van der Waals surface area (Å²) in [6.07, 6.45) is 1.35. The molecule has 0 atom stereocenters. The molecule has 152 valence electrons. The van der Waals surface area contributed by atoms with Gasteiger partial charge in [0.1, 0.15) is 17.6 Å². The van der Waals surface area contributed by atoms with E-state index in [9.17, 15) is 13.6 Å². The van der Waals surface area contributed by atoms with Gasteiger partial charge in [-0.3, -0.25) is 4.98 Å². The van der Waals surface area contributed by atoms with E-state index in [-0.39, 0.29) is 28.6 Å². The summed E-state index contributed by atoms with van der Waals surface area (Å²) >= 11 is 0. The third-order valence-electron chi connectivity index (χ3n) is 4.13. The quantitative estimate of drug-likeness (QED) is 0.474. The number of carbonyl (C=O) groups is 1. The second-order valence-electron chi connectivity index (χ2n) is 6.35. The average molecular weight is 417 g/mol. The first-order valence-electron chi connectivity index (χ1n) is 8.98. The minimum absolute atomic E-state index is 0.132. The lowest BCUT2D eigenvalue weighted by molar-refractivity contribution is 0.262. The SMILES string of the molecule is N#Cc1cnc2ccc(Oc3cc(NC(=O)Nc4cccc(F)c4)ccc3F)cc2n1. The number of benzene rings is 3. The molecule has 1 aromatic heterocycles. The smallest absolute Gasteiger partial charge is 0.323 e. The van der Waals surface area contributed by atoms with Gasteiger partial charge in [0, 0.05) is 23.5 Å². The zero-order valence-electron chi connectivity index (χ0n) is 15.8. The minimum atomic E-state index is -0.645. The van der Waals surface area contributed by atoms with Crippen LogP contribution in [0.1, 0.15) is 5.69 Å². The van der Waals surface area contributed by atoms with E-state index in [4.69, 9.17) is 10.00 Å². The van der Waals surface area contributed by atoms with Crippen molar-refractivity contribution in [3.63, 3.8) is 0 Å². The first-order valence-corrected chi connectivity index (χ1v) is 8.98. The predicted molar refractivity (Wildman–Crippen MR) is 110 cm³/mol. The highest BCUT2D eigenvalue weighted by molar-refractivity contribution is 5.99. The summed E-state index contributed by atoms with van der Waals surface area (Å²) in [4.78, 5) is 20.4. The van der Waals surface area contributed by atoms with Gasteiger partial charge in [-0.25, -0.2) is 18.6 Å². The van der Waals surface area contributed by atoms with Gasteiger partial charge in [0.15, 0.2) is 17.3 Å². The van der Waals surface area contributed by atoms with Crippen LogP contribution in [0, 0.1) is 23.0 Å². The predicted octanol–water partition coefficient (Wildman–Crippen LogP) is 5.22. The number of anilines is 2. The number of hydrogen-bond acceptors (Lipinski definition) is 5. The zero-order chi connectivity index (χ0) is 21.8. The Morgan fingerprint density at radius 2 is 1.77 bits per heavy atom. The van der Waals surface area contributed by atoms with Crippen LogP contribution in [0.3, 0.4) is 0 Å². The lowest BCUT2D eigenvalue weighted by atomic mass is 10.2. The minimum Gasteiger partial charge on any atom is -0.454 e. The highest BCUT2D eigenvalue weighted by Gasteiger charge is 2.10. The number of carbonyl (C=O) groups excluding carboxylic acids is 1. The number of hydrogen-bond donors (Lipinski definition) is 2. The van der Waals surface area contributed by atoms with Gasteiger partial charge in [-0.05, 0) is 42.5 Å². The summed E-state index contributed by atoms with van der Waals surface area (Å²) in [5.41, 5.74) is 1.64. The van der Waals surface area contributed by atoms with Crippen LogP contribution in [0.25, 0.3) is 11.0 Å². The van der Waals surface area contributed by atoms with E-state index in [1.807, 2.05) is 6.07 Å². The number of urea groups is 1. The lowest BCUT2D eigenvalue weighted by Gasteiger charge is -2.11. The molecule has 2 N–H and O–H groups in total. The molecular weight excluding hydrogens is 404 g/mol. The number of aromatic nitrogens is 2. The summed E-state index contributed by atoms with van der Waals surface area (Å²) < 4.78 is 33.1. The van der Waals surface area contributed by atoms with E-state index in [0.717, 1.165) is 6.07 Å². The number of nitriles is 1. The molecule has 7 nitrogen and oxygen atoms in total. The molecular formula is C22H13F2N5O2. The fourth-order valence-corrected chi connectivity index (χ4v) is 2.75. The van der Waals surface area contributed by atoms with Crippen molar-refractivity contribution in [3.8, 4) is 17.6 Å². The second-order valence-corrected chi connectivity index (χ2v) is 6.35. The molecule has 4 rings (SSSR count). The van der Waals surface area contributed by atoms with E-state index >= 15 is 0 Å². The van der Waals surface area contributed by atoms with Crippen LogP contribution in [-0.2, 0) is 0 Å². The van der Waals surface area contributed by atoms with Crippen molar-refractivity contribution in [2.24, 2.45) is 0 Å². The fraction of sp³-hybridized carbons (Fsp3) is 0. The molecule has 0 spiro atoms. The van der Waals surface area contributed by atoms with Crippen LogP contribution in [-0.4, -0.2) is 16.0 Å². The van der Waals surface area contributed by atoms with Crippen molar-refractivity contribution in [1.29, 1.82) is 5.26 Å². The summed E-state index contributed by atoms with van der Waals surface area (Å²) in [7, 11) is 0. The Hall–Kier alpha value is -4.58. The summed E-state index contributed by atoms with van der Waals surface area (Å²) in [5, 5.41) is 14.0. The third kappa shape index (κ3) is 4.71. The number of fused-ring (bicyclic) bond motifs is 1. The van der Waals surface area contributed by atoms with Gasteiger partial charge in [0.2, 0.25) is 0 Å². The number of rotatable bonds is 4. The van der Waals surface area contributed by atoms with Crippen molar-refractivity contribution in [3.05, 3.63) is 84.2 Å². The molecule has 2 amide bonds. The van der Waals surface area contributed by atoms with Gasteiger partial charge in [-0.15, -0.1) is 0 Å². The normalized spacial score (nSPS) is 10.4. The van der Waals surface area contributed by atoms with Crippen LogP contribution >= 0.6 is 0 Å². The Morgan fingerprint density at radius 1 is 0.968 bits per heavy atom. The zero-order valence-corrected chi connectivity index (χ0v) is 15.8. The van der Waals surface area contributed by atoms with Crippen LogP contribution in [0.2, 0.25) is 0 Å². The first kappa shape index (κ1) is 19.7. The summed E-state index contributed by atoms with van der Waals surface area (Å²) in [6.45, 7) is 0. The molecule has 0 saturated carbocycles. The number of halogens is 2. The molecule has 3 aromatic carbocycles. The largest absolute Gasteiger partial charge is 0.454 e. The Bertz CT molecular complexity index is 1340. The maximum absolute atomic E-state index is 14.3. The average Bonchev–Trinajstić information content (AvgIpc) is 2.75. The van der Waals surface area contributed by atoms with E-state index in [0.29, 0.717) is 11.0 Å². The molecule has 0 unspecified atom stereocenters. The van der Waals surface area contributed by atoms with Crippen LogP contribution in [0.15, 0.2) is 66.9 Å². The number of amides is 2. The van der Waals surface area contributed by atoms with E-state index in [1.54, 1.807) is 12.1 Å². The molecule has 0 aliphatic carbocycles. The third-order valence-corrected chi connectivity index (χ3v) is 4.13. The van der Waals surface area contributed by atoms with Gasteiger partial charge in [0.25, 0.3) is 0 Å². The maximum atomic E-state index is 14.3. The van der Waals surface area contributed by atoms with Gasteiger partial charge in [0.05, 0.1) is 17.2 Å².